The Labute approximate surface area is 238 Å². The van der Waals surface area contributed by atoms with E-state index in [1.54, 1.807) is 48.8 Å². The molecule has 1 aromatic heterocycles. The molecule has 0 aliphatic carbocycles. The monoisotopic (exact) mass is 542 g/mol. The zero-order chi connectivity index (χ0) is 28.4. The fourth-order valence-corrected chi connectivity index (χ4v) is 5.39. The summed E-state index contributed by atoms with van der Waals surface area (Å²) in [4.78, 5) is 41.1. The highest BCUT2D eigenvalue weighted by Crippen LogP contribution is 2.37. The Morgan fingerprint density at radius 3 is 2.63 bits per heavy atom. The molecule has 3 aliphatic heterocycles. The van der Waals surface area contributed by atoms with Crippen LogP contribution in [-0.2, 0) is 4.79 Å². The van der Waals surface area contributed by atoms with Gasteiger partial charge in [-0.25, -0.2) is 4.98 Å². The Kier molecular flexibility index (Phi) is 6.85. The topological polar surface area (TPSA) is 113 Å². The van der Waals surface area contributed by atoms with Crippen molar-refractivity contribution in [3.8, 4) is 23.0 Å². The molecule has 0 spiro atoms. The first-order valence-corrected chi connectivity index (χ1v) is 13.4. The van der Waals surface area contributed by atoms with Crippen LogP contribution in [0, 0.1) is 11.8 Å². The van der Waals surface area contributed by atoms with Crippen LogP contribution in [-0.4, -0.2) is 50.9 Å². The van der Waals surface area contributed by atoms with E-state index in [1.165, 1.54) is 0 Å². The average molecular weight is 543 g/mol. The molecule has 202 valence electrons. The standard InChI is InChI=1S/C32H27N7O2/c1-2-7-29(40)38-18-6-10-26(38)30-27-21-34-17-19-39(27,33)31(37-30)23-11-13-24(14-12-23)32(41)36-28-20-25(15-16-35-28)22-8-4-3-5-9-22/h3-5,8-9,11-17,19-21,26H,6,10,18,33H2,1H3/p+1. The molecule has 6 rings (SSSR count). The predicted octanol–water partition coefficient (Wildman–Crippen LogP) is 4.23. The van der Waals surface area contributed by atoms with Crippen LogP contribution < -0.4 is 11.2 Å². The average Bonchev–Trinajstić information content (AvgIpc) is 3.60. The number of carbonyl (C=O) groups excluding carboxylic acids is 2. The van der Waals surface area contributed by atoms with Crippen molar-refractivity contribution in [2.45, 2.75) is 25.8 Å². The lowest BCUT2D eigenvalue weighted by Gasteiger charge is -2.27. The molecule has 9 heteroatoms. The lowest BCUT2D eigenvalue weighted by molar-refractivity contribution is -0.750. The summed E-state index contributed by atoms with van der Waals surface area (Å²) in [6, 6.07) is 20.6. The number of aliphatic imine (C=N–C) groups is 2. The van der Waals surface area contributed by atoms with Crippen molar-refractivity contribution in [3.63, 3.8) is 0 Å². The molecule has 0 saturated carbocycles. The number of nitrogens with zero attached hydrogens (tertiary/aromatic N) is 5. The van der Waals surface area contributed by atoms with Crippen molar-refractivity contribution in [1.82, 2.24) is 9.88 Å². The summed E-state index contributed by atoms with van der Waals surface area (Å²) in [5.41, 5.74) is 4.65. The van der Waals surface area contributed by atoms with Crippen LogP contribution in [0.4, 0.5) is 5.82 Å². The van der Waals surface area contributed by atoms with Crippen LogP contribution >= 0.6 is 0 Å². The molecule has 1 saturated heterocycles. The Bertz CT molecular complexity index is 1710. The highest BCUT2D eigenvalue weighted by Gasteiger charge is 2.48. The van der Waals surface area contributed by atoms with Crippen molar-refractivity contribution in [1.29, 1.82) is 0 Å². The van der Waals surface area contributed by atoms with E-state index in [0.717, 1.165) is 29.5 Å². The molecule has 3 N–H and O–H groups in total. The van der Waals surface area contributed by atoms with E-state index < -0.39 is 0 Å². The highest BCUT2D eigenvalue weighted by atomic mass is 16.2. The van der Waals surface area contributed by atoms with Crippen LogP contribution in [0.3, 0.4) is 0 Å². The third-order valence-corrected chi connectivity index (χ3v) is 7.40. The van der Waals surface area contributed by atoms with Gasteiger partial charge in [-0.1, -0.05) is 36.3 Å². The smallest absolute Gasteiger partial charge is 0.299 e. The SMILES string of the molecule is CC#CC(=O)N1CCCC1C1=C2C=NC=C[N+]2(N)C(c2ccc(C(=O)Nc3cc(-c4ccccc4)ccn3)cc2)=N1. The normalized spacial score (nSPS) is 20.8. The first-order chi connectivity index (χ1) is 20.0. The van der Waals surface area contributed by atoms with E-state index in [1.807, 2.05) is 54.6 Å². The third-order valence-electron chi connectivity index (χ3n) is 7.40. The van der Waals surface area contributed by atoms with E-state index in [9.17, 15) is 9.59 Å². The lowest BCUT2D eigenvalue weighted by Crippen LogP contribution is -2.53. The second kappa shape index (κ2) is 10.8. The number of quaternary nitrogens is 1. The minimum Gasteiger partial charge on any atom is -0.323 e. The fourth-order valence-electron chi connectivity index (χ4n) is 5.39. The number of hydrogen-bond donors (Lipinski definition) is 2. The Morgan fingerprint density at radius 2 is 1.85 bits per heavy atom. The van der Waals surface area contributed by atoms with Crippen LogP contribution in [0.15, 0.2) is 107 Å². The van der Waals surface area contributed by atoms with Gasteiger partial charge in [0.05, 0.1) is 24.0 Å². The van der Waals surface area contributed by atoms with Gasteiger partial charge in [0.1, 0.15) is 17.7 Å². The van der Waals surface area contributed by atoms with Crippen LogP contribution in [0.25, 0.3) is 11.1 Å². The second-order valence-corrected chi connectivity index (χ2v) is 9.92. The number of anilines is 1. The number of nitrogens with two attached hydrogens (primary N) is 1. The number of benzene rings is 2. The van der Waals surface area contributed by atoms with Crippen molar-refractivity contribution in [2.75, 3.05) is 11.9 Å². The summed E-state index contributed by atoms with van der Waals surface area (Å²) in [7, 11) is 0. The number of allylic oxidation sites excluding steroid dienone is 1. The van der Waals surface area contributed by atoms with Gasteiger partial charge < -0.3 is 10.2 Å². The molecule has 3 aromatic rings. The first kappa shape index (κ1) is 26.1. The quantitative estimate of drug-likeness (QED) is 0.285. The van der Waals surface area contributed by atoms with Gasteiger partial charge in [-0.2, -0.15) is 10.8 Å². The highest BCUT2D eigenvalue weighted by molar-refractivity contribution is 6.05. The van der Waals surface area contributed by atoms with Crippen molar-refractivity contribution < 1.29 is 14.2 Å². The number of nitrogens with one attached hydrogen (secondary N) is 1. The number of amidine groups is 1. The minimum atomic E-state index is -0.277. The van der Waals surface area contributed by atoms with Gasteiger partial charge in [0.2, 0.25) is 5.70 Å². The van der Waals surface area contributed by atoms with E-state index in [-0.39, 0.29) is 22.4 Å². The maximum Gasteiger partial charge on any atom is 0.299 e. The number of hydrogen-bond acceptors (Lipinski definition) is 6. The number of carbonyl (C=O) groups is 2. The van der Waals surface area contributed by atoms with Crippen molar-refractivity contribution >= 4 is 29.7 Å². The molecule has 1 fully saturated rings. The summed E-state index contributed by atoms with van der Waals surface area (Å²) < 4.78 is -0.168. The molecule has 9 nitrogen and oxygen atoms in total. The zero-order valence-electron chi connectivity index (χ0n) is 22.5. The maximum atomic E-state index is 13.1. The molecule has 0 bridgehead atoms. The summed E-state index contributed by atoms with van der Waals surface area (Å²) in [5.74, 6) is 12.8. The van der Waals surface area contributed by atoms with Gasteiger partial charge in [-0.05, 0) is 73.2 Å². The number of pyridine rings is 1. The largest absolute Gasteiger partial charge is 0.323 e. The number of rotatable bonds is 5. The molecule has 3 aliphatic rings. The summed E-state index contributed by atoms with van der Waals surface area (Å²) >= 11 is 0. The maximum absolute atomic E-state index is 13.1. The second-order valence-electron chi connectivity index (χ2n) is 9.92. The number of likely N-dealkylation sites (tertiary alicyclic amines) is 1. The molecule has 4 heterocycles. The molecular weight excluding hydrogens is 514 g/mol. The molecular formula is C32H28N7O2+. The predicted molar refractivity (Wildman–Crippen MR) is 158 cm³/mol. The molecule has 41 heavy (non-hydrogen) atoms. The Balaban J connectivity index is 1.25. The number of aromatic nitrogens is 1. The van der Waals surface area contributed by atoms with Crippen LogP contribution in [0.5, 0.6) is 0 Å². The Morgan fingerprint density at radius 1 is 1.05 bits per heavy atom. The molecule has 2 atom stereocenters. The van der Waals surface area contributed by atoms with E-state index in [0.29, 0.717) is 35.2 Å². The van der Waals surface area contributed by atoms with Crippen molar-refractivity contribution in [2.24, 2.45) is 15.8 Å². The summed E-state index contributed by atoms with van der Waals surface area (Å²) in [6.45, 7) is 2.27. The van der Waals surface area contributed by atoms with Gasteiger partial charge in [0.15, 0.2) is 0 Å². The van der Waals surface area contributed by atoms with Crippen molar-refractivity contribution in [3.05, 3.63) is 108 Å². The molecule has 0 radical (unpaired) electrons. The van der Waals surface area contributed by atoms with E-state index in [4.69, 9.17) is 10.8 Å². The number of amides is 2. The third kappa shape index (κ3) is 4.87. The van der Waals surface area contributed by atoms with Gasteiger partial charge >= 0.3 is 0 Å². The first-order valence-electron chi connectivity index (χ1n) is 13.4. The van der Waals surface area contributed by atoms with Gasteiger partial charge in [0.25, 0.3) is 17.6 Å². The van der Waals surface area contributed by atoms with Crippen LogP contribution in [0.2, 0.25) is 0 Å². The molecule has 2 amide bonds. The fraction of sp³-hybridized carbons (Fsp3) is 0.156. The summed E-state index contributed by atoms with van der Waals surface area (Å²) in [5, 5.41) is 2.89. The van der Waals surface area contributed by atoms with E-state index >= 15 is 0 Å². The Hall–Kier alpha value is -5.17. The van der Waals surface area contributed by atoms with E-state index in [2.05, 4.69) is 27.1 Å². The van der Waals surface area contributed by atoms with Crippen LogP contribution in [0.1, 0.15) is 35.7 Å². The lowest BCUT2D eigenvalue weighted by atomic mass is 10.1. The summed E-state index contributed by atoms with van der Waals surface area (Å²) in [6.07, 6.45) is 8.41. The minimum absolute atomic E-state index is 0.168. The zero-order valence-corrected chi connectivity index (χ0v) is 22.5. The molecule has 2 aromatic carbocycles. The molecule has 2 unspecified atom stereocenters. The van der Waals surface area contributed by atoms with Gasteiger partial charge in [-0.15, -0.1) is 4.59 Å². The number of fused-ring (bicyclic) bond motifs is 1. The van der Waals surface area contributed by atoms with Gasteiger partial charge in [-0.3, -0.25) is 14.6 Å². The van der Waals surface area contributed by atoms with Gasteiger partial charge in [0, 0.05) is 18.3 Å².